The van der Waals surface area contributed by atoms with Gasteiger partial charge in [0.25, 0.3) is 5.91 Å². The largest absolute Gasteiger partial charge is 0.417 e. The van der Waals surface area contributed by atoms with Gasteiger partial charge in [0.1, 0.15) is 17.2 Å². The predicted octanol–water partition coefficient (Wildman–Crippen LogP) is 3.88. The van der Waals surface area contributed by atoms with Gasteiger partial charge < -0.3 is 10.6 Å². The Kier molecular flexibility index (Phi) is 6.09. The van der Waals surface area contributed by atoms with E-state index in [9.17, 15) is 27.2 Å². The number of benzene rings is 1. The number of amides is 2. The van der Waals surface area contributed by atoms with Crippen molar-refractivity contribution in [3.05, 3.63) is 33.8 Å². The number of hydrogen-bond donors (Lipinski definition) is 2. The second-order valence-corrected chi connectivity index (χ2v) is 8.24. The number of alkyl halides is 4. The highest BCUT2D eigenvalue weighted by molar-refractivity contribution is 9.10. The zero-order chi connectivity index (χ0) is 21.3. The number of nitrogens with zero attached hydrogens (tertiary/aromatic N) is 1. The number of hydrogen-bond acceptors (Lipinski definition) is 3. The van der Waals surface area contributed by atoms with Crippen LogP contribution in [0.5, 0.6) is 0 Å². The van der Waals surface area contributed by atoms with Crippen molar-refractivity contribution < 1.29 is 27.2 Å². The lowest BCUT2D eigenvalue weighted by Crippen LogP contribution is -2.52. The molecule has 0 unspecified atom stereocenters. The third-order valence-corrected chi connectivity index (χ3v) is 4.66. The summed E-state index contributed by atoms with van der Waals surface area (Å²) in [7, 11) is 0. The van der Waals surface area contributed by atoms with Gasteiger partial charge in [0.05, 0.1) is 17.2 Å². The van der Waals surface area contributed by atoms with Gasteiger partial charge in [-0.25, -0.2) is 4.39 Å². The van der Waals surface area contributed by atoms with Crippen molar-refractivity contribution in [3.8, 4) is 6.07 Å². The molecule has 2 rings (SSSR count). The molecule has 152 valence electrons. The molecule has 1 fully saturated rings. The van der Waals surface area contributed by atoms with Gasteiger partial charge in [-0.05, 0) is 44.9 Å². The van der Waals surface area contributed by atoms with Gasteiger partial charge in [0, 0.05) is 10.9 Å². The zero-order valence-corrected chi connectivity index (χ0v) is 16.7. The zero-order valence-electron chi connectivity index (χ0n) is 15.1. The Morgan fingerprint density at radius 1 is 1.29 bits per heavy atom. The maximum Gasteiger partial charge on any atom is 0.417 e. The maximum atomic E-state index is 14.1. The summed E-state index contributed by atoms with van der Waals surface area (Å²) in [4.78, 5) is 24.9. The summed E-state index contributed by atoms with van der Waals surface area (Å²) in [6.45, 7) is 2.36. The smallest absolute Gasteiger partial charge is 0.340 e. The molecule has 1 atom stereocenters. The molecule has 0 bridgehead atoms. The number of halogens is 5. The fourth-order valence-electron chi connectivity index (χ4n) is 2.59. The van der Waals surface area contributed by atoms with Crippen LogP contribution in [0, 0.1) is 11.3 Å². The van der Waals surface area contributed by atoms with Gasteiger partial charge in [-0.15, -0.1) is 0 Å². The van der Waals surface area contributed by atoms with Crippen molar-refractivity contribution >= 4 is 27.7 Å². The average molecular weight is 464 g/mol. The summed E-state index contributed by atoms with van der Waals surface area (Å²) in [5, 5.41) is 13.7. The van der Waals surface area contributed by atoms with Crippen LogP contribution in [-0.4, -0.2) is 29.1 Å². The van der Waals surface area contributed by atoms with Crippen LogP contribution in [-0.2, 0) is 11.0 Å². The summed E-state index contributed by atoms with van der Waals surface area (Å²) >= 11 is 2.92. The van der Waals surface area contributed by atoms with E-state index in [1.807, 2.05) is 6.07 Å². The predicted molar refractivity (Wildman–Crippen MR) is 95.9 cm³/mol. The molecule has 0 heterocycles. The molecule has 1 aromatic rings. The lowest BCUT2D eigenvalue weighted by atomic mass is 9.98. The lowest BCUT2D eigenvalue weighted by Gasteiger charge is -2.25. The van der Waals surface area contributed by atoms with E-state index in [-0.39, 0.29) is 4.47 Å². The molecule has 2 amide bonds. The van der Waals surface area contributed by atoms with Crippen LogP contribution < -0.4 is 10.6 Å². The minimum atomic E-state index is -4.80. The molecule has 1 aromatic carbocycles. The molecular weight excluding hydrogens is 446 g/mol. The Balaban J connectivity index is 2.28. The second-order valence-electron chi connectivity index (χ2n) is 7.32. The van der Waals surface area contributed by atoms with E-state index in [0.717, 1.165) is 12.1 Å². The molecule has 10 heteroatoms. The first kappa shape index (κ1) is 22.1. The molecule has 28 heavy (non-hydrogen) atoms. The second kappa shape index (κ2) is 7.70. The van der Waals surface area contributed by atoms with E-state index < -0.39 is 52.8 Å². The molecule has 2 N–H and O–H groups in total. The number of carbonyl (C=O) groups excluding carboxylic acids is 2. The standard InChI is InChI=1S/C18H18BrF4N3O2/c1-16(2,20)8-13(15(28)26-17(9-24)5-6-17)25-14(27)11-4-3-10(19)7-12(11)18(21,22)23/h3-4,7,13H,5-6,8H2,1-2H3,(H,25,27)(H,26,28)/t13-/m0/s1. The van der Waals surface area contributed by atoms with E-state index >= 15 is 0 Å². The lowest BCUT2D eigenvalue weighted by molar-refractivity contribution is -0.138. The van der Waals surface area contributed by atoms with Crippen LogP contribution >= 0.6 is 15.9 Å². The SMILES string of the molecule is CC(C)(F)C[C@H](NC(=O)c1ccc(Br)cc1C(F)(F)F)C(=O)NC1(C#N)CC1. The molecule has 0 aliphatic heterocycles. The van der Waals surface area contributed by atoms with E-state index in [1.165, 1.54) is 19.9 Å². The molecule has 0 spiro atoms. The Hall–Kier alpha value is -2.15. The molecule has 0 aromatic heterocycles. The number of nitrogens with one attached hydrogen (secondary N) is 2. The highest BCUT2D eigenvalue weighted by Gasteiger charge is 2.46. The fourth-order valence-corrected chi connectivity index (χ4v) is 2.95. The van der Waals surface area contributed by atoms with Crippen LogP contribution in [0.1, 0.15) is 49.0 Å². The summed E-state index contributed by atoms with van der Waals surface area (Å²) < 4.78 is 54.0. The van der Waals surface area contributed by atoms with Crippen molar-refractivity contribution in [1.82, 2.24) is 10.6 Å². The van der Waals surface area contributed by atoms with Crippen LogP contribution in [0.15, 0.2) is 22.7 Å². The summed E-state index contributed by atoms with van der Waals surface area (Å²) in [6, 6.07) is 3.46. The molecule has 0 saturated heterocycles. The Morgan fingerprint density at radius 2 is 1.89 bits per heavy atom. The molecule has 5 nitrogen and oxygen atoms in total. The first-order chi connectivity index (χ1) is 12.8. The first-order valence-corrected chi connectivity index (χ1v) is 9.15. The van der Waals surface area contributed by atoms with Gasteiger partial charge in [-0.1, -0.05) is 15.9 Å². The van der Waals surface area contributed by atoms with Gasteiger partial charge in [-0.3, -0.25) is 9.59 Å². The average Bonchev–Trinajstić information content (AvgIpc) is 3.32. The summed E-state index contributed by atoms with van der Waals surface area (Å²) in [5.74, 6) is -1.98. The van der Waals surface area contributed by atoms with Gasteiger partial charge in [0.2, 0.25) is 5.91 Å². The molecule has 1 saturated carbocycles. The fraction of sp³-hybridized carbons (Fsp3) is 0.500. The van der Waals surface area contributed by atoms with Crippen molar-refractivity contribution in [1.29, 1.82) is 5.26 Å². The van der Waals surface area contributed by atoms with Crippen molar-refractivity contribution in [2.75, 3.05) is 0 Å². The number of rotatable bonds is 6. The van der Waals surface area contributed by atoms with E-state index in [1.54, 1.807) is 0 Å². The van der Waals surface area contributed by atoms with Gasteiger partial charge in [-0.2, -0.15) is 18.4 Å². The van der Waals surface area contributed by atoms with Crippen molar-refractivity contribution in [2.45, 2.75) is 56.5 Å². The third kappa shape index (κ3) is 5.67. The summed E-state index contributed by atoms with van der Waals surface area (Å²) in [6.07, 6.45) is -4.43. The molecule has 0 radical (unpaired) electrons. The Labute approximate surface area is 167 Å². The highest BCUT2D eigenvalue weighted by atomic mass is 79.9. The van der Waals surface area contributed by atoms with E-state index in [2.05, 4.69) is 26.6 Å². The van der Waals surface area contributed by atoms with Crippen molar-refractivity contribution in [2.24, 2.45) is 0 Å². The first-order valence-electron chi connectivity index (χ1n) is 8.36. The highest BCUT2D eigenvalue weighted by Crippen LogP contribution is 2.35. The number of nitriles is 1. The number of carbonyl (C=O) groups is 2. The van der Waals surface area contributed by atoms with E-state index in [4.69, 9.17) is 5.26 Å². The quantitative estimate of drug-likeness (QED) is 0.628. The minimum absolute atomic E-state index is 0.125. The molecule has 1 aliphatic carbocycles. The van der Waals surface area contributed by atoms with Crippen LogP contribution in [0.25, 0.3) is 0 Å². The third-order valence-electron chi connectivity index (χ3n) is 4.17. The van der Waals surface area contributed by atoms with Gasteiger partial charge >= 0.3 is 6.18 Å². The van der Waals surface area contributed by atoms with Gasteiger partial charge in [0.15, 0.2) is 0 Å². The Morgan fingerprint density at radius 3 is 2.36 bits per heavy atom. The van der Waals surface area contributed by atoms with Crippen LogP contribution in [0.4, 0.5) is 17.6 Å². The normalized spacial score (nSPS) is 16.6. The maximum absolute atomic E-state index is 14.1. The van der Waals surface area contributed by atoms with E-state index in [0.29, 0.717) is 12.8 Å². The minimum Gasteiger partial charge on any atom is -0.340 e. The molecule has 1 aliphatic rings. The Bertz CT molecular complexity index is 824. The van der Waals surface area contributed by atoms with Crippen LogP contribution in [0.2, 0.25) is 0 Å². The van der Waals surface area contributed by atoms with Crippen molar-refractivity contribution in [3.63, 3.8) is 0 Å². The topological polar surface area (TPSA) is 82.0 Å². The summed E-state index contributed by atoms with van der Waals surface area (Å²) in [5.41, 5.74) is -4.82. The van der Waals surface area contributed by atoms with Crippen LogP contribution in [0.3, 0.4) is 0 Å². The molecular formula is C18H18BrF4N3O2. The monoisotopic (exact) mass is 463 g/mol.